The minimum atomic E-state index is 0.0425. The fourth-order valence-electron chi connectivity index (χ4n) is 3.22. The molecule has 0 saturated carbocycles. The Labute approximate surface area is 172 Å². The molecule has 0 N–H and O–H groups in total. The Bertz CT molecular complexity index is 910. The largest absolute Gasteiger partial charge is 0.306 e. The van der Waals surface area contributed by atoms with Crippen molar-refractivity contribution in [3.63, 3.8) is 0 Å². The number of thiophene rings is 1. The molecule has 3 rings (SSSR count). The smallest absolute Gasteiger partial charge is 0.268 e. The number of nitrogens with zero attached hydrogens (tertiary/aromatic N) is 4. The van der Waals surface area contributed by atoms with E-state index in [1.165, 1.54) is 11.3 Å². The maximum absolute atomic E-state index is 13.4. The van der Waals surface area contributed by atoms with Crippen LogP contribution in [-0.2, 0) is 7.05 Å². The van der Waals surface area contributed by atoms with E-state index < -0.39 is 0 Å². The number of anilines is 1. The molecule has 0 bridgehead atoms. The van der Waals surface area contributed by atoms with Crippen LogP contribution < -0.4 is 4.90 Å². The second kappa shape index (κ2) is 8.54. The molecule has 1 aromatic carbocycles. The van der Waals surface area contributed by atoms with E-state index in [1.807, 2.05) is 53.9 Å². The highest BCUT2D eigenvalue weighted by Crippen LogP contribution is 2.30. The van der Waals surface area contributed by atoms with E-state index in [2.05, 4.69) is 39.8 Å². The van der Waals surface area contributed by atoms with Gasteiger partial charge >= 0.3 is 0 Å². The maximum atomic E-state index is 13.4. The third-order valence-electron chi connectivity index (χ3n) is 4.81. The third kappa shape index (κ3) is 4.25. The quantitative estimate of drug-likeness (QED) is 0.526. The van der Waals surface area contributed by atoms with Gasteiger partial charge in [0.25, 0.3) is 5.91 Å². The number of amides is 1. The van der Waals surface area contributed by atoms with E-state index in [9.17, 15) is 4.79 Å². The molecule has 0 aliphatic heterocycles. The Morgan fingerprint density at radius 1 is 1.22 bits per heavy atom. The van der Waals surface area contributed by atoms with Crippen molar-refractivity contribution in [1.82, 2.24) is 14.7 Å². The number of halogens is 1. The van der Waals surface area contributed by atoms with Gasteiger partial charge in [0.2, 0.25) is 0 Å². The maximum Gasteiger partial charge on any atom is 0.268 e. The average molecular weight is 449 g/mol. The number of rotatable bonds is 7. The lowest BCUT2D eigenvalue weighted by molar-refractivity contribution is 0.0987. The number of aryl methyl sites for hydroxylation is 2. The number of carbonyl (C=O) groups excluding carboxylic acids is 1. The van der Waals surface area contributed by atoms with Gasteiger partial charge in [0.1, 0.15) is 4.83 Å². The molecule has 0 aliphatic rings. The number of hydrogen-bond donors (Lipinski definition) is 0. The van der Waals surface area contributed by atoms with Crippen molar-refractivity contribution in [2.75, 3.05) is 31.1 Å². The molecule has 5 nitrogen and oxygen atoms in total. The van der Waals surface area contributed by atoms with Gasteiger partial charge in [-0.3, -0.25) is 9.48 Å². The van der Waals surface area contributed by atoms with Crippen LogP contribution in [0.15, 0.2) is 34.8 Å². The van der Waals surface area contributed by atoms with E-state index in [1.54, 1.807) is 0 Å². The minimum Gasteiger partial charge on any atom is -0.306 e. The SMILES string of the molecule is CCN(CC)CCN(C(=O)c1cc2c(C)nn(C)c2s1)c1cccc(Br)c1. The number of aromatic nitrogens is 2. The molecule has 0 spiro atoms. The Balaban J connectivity index is 1.94. The third-order valence-corrected chi connectivity index (χ3v) is 6.49. The molecular formula is C20H25BrN4OS. The van der Waals surface area contributed by atoms with Crippen LogP contribution in [0.25, 0.3) is 10.2 Å². The summed E-state index contributed by atoms with van der Waals surface area (Å²) < 4.78 is 2.82. The number of carbonyl (C=O) groups is 1. The first-order valence-corrected chi connectivity index (χ1v) is 10.8. The van der Waals surface area contributed by atoms with Gasteiger partial charge in [-0.2, -0.15) is 5.10 Å². The van der Waals surface area contributed by atoms with Crippen molar-refractivity contribution in [3.8, 4) is 0 Å². The molecule has 144 valence electrons. The summed E-state index contributed by atoms with van der Waals surface area (Å²) in [5.74, 6) is 0.0425. The summed E-state index contributed by atoms with van der Waals surface area (Å²) in [7, 11) is 1.92. The summed E-state index contributed by atoms with van der Waals surface area (Å²) >= 11 is 5.04. The fraction of sp³-hybridized carbons (Fsp3) is 0.400. The number of hydrogen-bond acceptors (Lipinski definition) is 4. The molecule has 27 heavy (non-hydrogen) atoms. The molecule has 1 amide bonds. The summed E-state index contributed by atoms with van der Waals surface area (Å²) in [5.41, 5.74) is 1.87. The lowest BCUT2D eigenvalue weighted by atomic mass is 10.2. The number of fused-ring (bicyclic) bond motifs is 1. The summed E-state index contributed by atoms with van der Waals surface area (Å²) in [4.78, 5) is 19.4. The van der Waals surface area contributed by atoms with Crippen LogP contribution in [0.3, 0.4) is 0 Å². The summed E-state index contributed by atoms with van der Waals surface area (Å²) in [5, 5.41) is 5.50. The lowest BCUT2D eigenvalue weighted by Crippen LogP contribution is -2.38. The zero-order valence-corrected chi connectivity index (χ0v) is 18.6. The minimum absolute atomic E-state index is 0.0425. The van der Waals surface area contributed by atoms with E-state index in [4.69, 9.17) is 0 Å². The van der Waals surface area contributed by atoms with Crippen molar-refractivity contribution < 1.29 is 4.79 Å². The van der Waals surface area contributed by atoms with Gasteiger partial charge < -0.3 is 9.80 Å². The Morgan fingerprint density at radius 2 is 1.96 bits per heavy atom. The molecule has 0 unspecified atom stereocenters. The van der Waals surface area contributed by atoms with Crippen LogP contribution in [0.1, 0.15) is 29.2 Å². The first kappa shape index (κ1) is 20.0. The second-order valence-electron chi connectivity index (χ2n) is 6.50. The van der Waals surface area contributed by atoms with Crippen molar-refractivity contribution in [2.45, 2.75) is 20.8 Å². The van der Waals surface area contributed by atoms with Crippen molar-refractivity contribution in [3.05, 3.63) is 45.4 Å². The monoisotopic (exact) mass is 448 g/mol. The van der Waals surface area contributed by atoms with Crippen LogP contribution in [0.4, 0.5) is 5.69 Å². The second-order valence-corrected chi connectivity index (χ2v) is 8.45. The van der Waals surface area contributed by atoms with Crippen LogP contribution in [-0.4, -0.2) is 46.8 Å². The molecule has 7 heteroatoms. The van der Waals surface area contributed by atoms with Gasteiger partial charge in [-0.1, -0.05) is 35.8 Å². The molecule has 0 aliphatic carbocycles. The van der Waals surface area contributed by atoms with E-state index in [-0.39, 0.29) is 5.91 Å². The predicted octanol–water partition coefficient (Wildman–Crippen LogP) is 4.69. The molecule has 0 radical (unpaired) electrons. The van der Waals surface area contributed by atoms with Crippen molar-refractivity contribution in [2.24, 2.45) is 7.05 Å². The van der Waals surface area contributed by atoms with Crippen LogP contribution in [0.2, 0.25) is 0 Å². The molecule has 2 aromatic heterocycles. The van der Waals surface area contributed by atoms with Gasteiger partial charge in [-0.15, -0.1) is 11.3 Å². The van der Waals surface area contributed by atoms with Crippen molar-refractivity contribution in [1.29, 1.82) is 0 Å². The first-order valence-electron chi connectivity index (χ1n) is 9.17. The van der Waals surface area contributed by atoms with Crippen LogP contribution in [0.5, 0.6) is 0 Å². The van der Waals surface area contributed by atoms with Crippen molar-refractivity contribution >= 4 is 49.1 Å². The van der Waals surface area contributed by atoms with Gasteiger partial charge in [-0.05, 0) is 44.3 Å². The summed E-state index contributed by atoms with van der Waals surface area (Å²) in [6, 6.07) is 9.92. The highest BCUT2D eigenvalue weighted by atomic mass is 79.9. The van der Waals surface area contributed by atoms with Gasteiger partial charge in [0.05, 0.1) is 10.6 Å². The average Bonchev–Trinajstić information content (AvgIpc) is 3.20. The zero-order chi connectivity index (χ0) is 19.6. The fourth-order valence-corrected chi connectivity index (χ4v) is 4.68. The Morgan fingerprint density at radius 3 is 2.59 bits per heavy atom. The van der Waals surface area contributed by atoms with Crippen LogP contribution >= 0.6 is 27.3 Å². The van der Waals surface area contributed by atoms with Gasteiger partial charge in [0.15, 0.2) is 0 Å². The lowest BCUT2D eigenvalue weighted by Gasteiger charge is -2.26. The summed E-state index contributed by atoms with van der Waals surface area (Å²) in [6.45, 7) is 9.73. The van der Waals surface area contributed by atoms with Crippen LogP contribution in [0, 0.1) is 6.92 Å². The van der Waals surface area contributed by atoms with E-state index >= 15 is 0 Å². The number of likely N-dealkylation sites (N-methyl/N-ethyl adjacent to an activating group) is 1. The molecular weight excluding hydrogens is 424 g/mol. The molecule has 3 aromatic rings. The molecule has 0 saturated heterocycles. The number of benzene rings is 1. The summed E-state index contributed by atoms with van der Waals surface area (Å²) in [6.07, 6.45) is 0. The van der Waals surface area contributed by atoms with E-state index in [0.29, 0.717) is 6.54 Å². The Hall–Kier alpha value is -1.70. The molecule has 0 atom stereocenters. The van der Waals surface area contributed by atoms with Gasteiger partial charge in [0, 0.05) is 35.7 Å². The highest BCUT2D eigenvalue weighted by molar-refractivity contribution is 9.10. The topological polar surface area (TPSA) is 41.4 Å². The molecule has 0 fully saturated rings. The van der Waals surface area contributed by atoms with E-state index in [0.717, 1.165) is 50.6 Å². The first-order chi connectivity index (χ1) is 12.9. The Kier molecular flexibility index (Phi) is 6.34. The molecule has 2 heterocycles. The standard InChI is InChI=1S/C20H25BrN4OS/c1-5-24(6-2)10-11-25(16-9-7-8-15(21)12-16)19(26)18-13-17-14(3)22-23(4)20(17)27-18/h7-9,12-13H,5-6,10-11H2,1-4H3. The predicted molar refractivity (Wildman–Crippen MR) is 117 cm³/mol. The highest BCUT2D eigenvalue weighted by Gasteiger charge is 2.22. The van der Waals surface area contributed by atoms with Gasteiger partial charge in [-0.25, -0.2) is 0 Å². The zero-order valence-electron chi connectivity index (χ0n) is 16.2. The normalized spacial score (nSPS) is 11.5.